The Morgan fingerprint density at radius 1 is 1.11 bits per heavy atom. The molecule has 0 bridgehead atoms. The second-order valence-electron chi connectivity index (χ2n) is 5.91. The molecule has 2 heterocycles. The van der Waals surface area contributed by atoms with Gasteiger partial charge in [-0.15, -0.1) is 0 Å². The number of carbonyl (C=O) groups is 1. The minimum atomic E-state index is -5.78. The van der Waals surface area contributed by atoms with E-state index in [0.29, 0.717) is 0 Å². The van der Waals surface area contributed by atoms with Crippen molar-refractivity contribution < 1.29 is 44.8 Å². The third-order valence-electron chi connectivity index (χ3n) is 4.03. The zero-order valence-corrected chi connectivity index (χ0v) is 14.5. The van der Waals surface area contributed by atoms with Crippen LogP contribution >= 0.6 is 0 Å². The molecule has 1 aromatic rings. The van der Waals surface area contributed by atoms with Crippen molar-refractivity contribution in [2.24, 2.45) is 0 Å². The molecule has 12 heteroatoms. The van der Waals surface area contributed by atoms with Crippen LogP contribution in [-0.4, -0.2) is 57.6 Å². The summed E-state index contributed by atoms with van der Waals surface area (Å²) in [6.45, 7) is -0.367. The number of fused-ring (bicyclic) bond motifs is 1. The summed E-state index contributed by atoms with van der Waals surface area (Å²) in [5, 5.41) is 2.53. The number of halogens is 3. The van der Waals surface area contributed by atoms with E-state index < -0.39 is 52.7 Å². The Hall–Kier alpha value is -1.89. The van der Waals surface area contributed by atoms with Gasteiger partial charge < -0.3 is 19.5 Å². The lowest BCUT2D eigenvalue weighted by Gasteiger charge is -2.18. The van der Waals surface area contributed by atoms with Gasteiger partial charge in [-0.2, -0.15) is 21.6 Å². The van der Waals surface area contributed by atoms with Gasteiger partial charge in [0.1, 0.15) is 18.3 Å². The Labute approximate surface area is 152 Å². The Morgan fingerprint density at radius 3 is 2.33 bits per heavy atom. The number of rotatable bonds is 5. The number of benzene rings is 1. The van der Waals surface area contributed by atoms with E-state index in [-0.39, 0.29) is 13.2 Å². The van der Waals surface area contributed by atoms with E-state index in [0.717, 1.165) is 5.56 Å². The molecule has 0 aromatic heterocycles. The van der Waals surface area contributed by atoms with E-state index in [1.807, 2.05) is 6.07 Å². The molecular weight excluding hydrogens is 395 g/mol. The molecule has 2 fully saturated rings. The number of nitrogens with one attached hydrogen (secondary N) is 1. The van der Waals surface area contributed by atoms with E-state index >= 15 is 0 Å². The molecule has 27 heavy (non-hydrogen) atoms. The summed E-state index contributed by atoms with van der Waals surface area (Å²) >= 11 is 0. The molecule has 1 amide bonds. The van der Waals surface area contributed by atoms with Gasteiger partial charge in [-0.3, -0.25) is 4.18 Å². The fourth-order valence-corrected chi connectivity index (χ4v) is 3.38. The maximum atomic E-state index is 12.4. The van der Waals surface area contributed by atoms with Crippen molar-refractivity contribution in [3.05, 3.63) is 35.9 Å². The highest BCUT2D eigenvalue weighted by Crippen LogP contribution is 2.34. The highest BCUT2D eigenvalue weighted by atomic mass is 32.2. The molecule has 1 aromatic carbocycles. The predicted molar refractivity (Wildman–Crippen MR) is 82.9 cm³/mol. The summed E-state index contributed by atoms with van der Waals surface area (Å²) in [6, 6.07) is 9.04. The van der Waals surface area contributed by atoms with Crippen molar-refractivity contribution in [2.45, 2.75) is 36.5 Å². The number of amides is 1. The molecule has 150 valence electrons. The molecule has 0 aliphatic carbocycles. The lowest BCUT2D eigenvalue weighted by molar-refractivity contribution is -0.0630. The first-order chi connectivity index (χ1) is 12.7. The molecule has 4 atom stereocenters. The van der Waals surface area contributed by atoms with E-state index in [4.69, 9.17) is 14.2 Å². The first kappa shape index (κ1) is 19.9. The van der Waals surface area contributed by atoms with Crippen LogP contribution in [0.1, 0.15) is 5.56 Å². The Morgan fingerprint density at radius 2 is 1.70 bits per heavy atom. The molecule has 0 spiro atoms. The van der Waals surface area contributed by atoms with Gasteiger partial charge in [0.2, 0.25) is 0 Å². The van der Waals surface area contributed by atoms with Gasteiger partial charge in [0, 0.05) is 6.54 Å². The second-order valence-corrected chi connectivity index (χ2v) is 7.48. The third kappa shape index (κ3) is 4.51. The minimum Gasteiger partial charge on any atom is -0.441 e. The number of alkyl halides is 3. The number of carbonyl (C=O) groups excluding carboxylic acids is 1. The molecule has 0 radical (unpaired) electrons. The summed E-state index contributed by atoms with van der Waals surface area (Å²) in [7, 11) is -5.78. The monoisotopic (exact) mass is 411 g/mol. The van der Waals surface area contributed by atoms with Crippen LogP contribution in [0.4, 0.5) is 18.0 Å². The predicted octanol–water partition coefficient (Wildman–Crippen LogP) is 1.31. The van der Waals surface area contributed by atoms with Crippen molar-refractivity contribution in [3.8, 4) is 0 Å². The maximum absolute atomic E-state index is 12.4. The van der Waals surface area contributed by atoms with Crippen molar-refractivity contribution in [1.82, 2.24) is 5.32 Å². The highest BCUT2D eigenvalue weighted by Gasteiger charge is 2.55. The maximum Gasteiger partial charge on any atom is 0.523 e. The average molecular weight is 411 g/mol. The highest BCUT2D eigenvalue weighted by molar-refractivity contribution is 7.87. The number of alkyl carbamates (subject to hydrolysis) is 1. The van der Waals surface area contributed by atoms with Gasteiger partial charge >= 0.3 is 21.7 Å². The van der Waals surface area contributed by atoms with Crippen molar-refractivity contribution in [2.75, 3.05) is 13.2 Å². The van der Waals surface area contributed by atoms with Crippen molar-refractivity contribution in [3.63, 3.8) is 0 Å². The van der Waals surface area contributed by atoms with Crippen LogP contribution in [0.2, 0.25) is 0 Å². The fourth-order valence-electron chi connectivity index (χ4n) is 2.78. The summed E-state index contributed by atoms with van der Waals surface area (Å²) in [5.74, 6) is 0. The number of hydrogen-bond acceptors (Lipinski definition) is 7. The summed E-state index contributed by atoms with van der Waals surface area (Å²) in [5.41, 5.74) is -4.70. The number of hydrogen-bond donors (Lipinski definition) is 1. The number of ether oxygens (including phenoxy) is 3. The van der Waals surface area contributed by atoms with Gasteiger partial charge in [-0.25, -0.2) is 4.79 Å². The Kier molecular flexibility index (Phi) is 5.60. The first-order valence-corrected chi connectivity index (χ1v) is 9.29. The van der Waals surface area contributed by atoms with Gasteiger partial charge in [0.15, 0.2) is 6.10 Å². The minimum absolute atomic E-state index is 0.153. The molecule has 2 aliphatic heterocycles. The molecule has 0 saturated carbocycles. The van der Waals surface area contributed by atoms with Crippen LogP contribution in [0.15, 0.2) is 30.3 Å². The lowest BCUT2D eigenvalue weighted by Crippen LogP contribution is -2.39. The molecule has 8 nitrogen and oxygen atoms in total. The molecule has 2 aliphatic rings. The van der Waals surface area contributed by atoms with E-state index in [2.05, 4.69) is 9.50 Å². The van der Waals surface area contributed by atoms with Gasteiger partial charge in [0.25, 0.3) is 0 Å². The Bertz CT molecular complexity index is 771. The van der Waals surface area contributed by atoms with Crippen LogP contribution in [0.3, 0.4) is 0 Å². The largest absolute Gasteiger partial charge is 0.523 e. The lowest BCUT2D eigenvalue weighted by atomic mass is 10.1. The van der Waals surface area contributed by atoms with Gasteiger partial charge in [0.05, 0.1) is 13.2 Å². The summed E-state index contributed by atoms with van der Waals surface area (Å²) in [6.07, 6.45) is -5.13. The second kappa shape index (κ2) is 7.62. The zero-order valence-electron chi connectivity index (χ0n) is 13.7. The first-order valence-electron chi connectivity index (χ1n) is 7.88. The van der Waals surface area contributed by atoms with Crippen LogP contribution < -0.4 is 5.32 Å². The van der Waals surface area contributed by atoms with E-state index in [1.165, 1.54) is 0 Å². The summed E-state index contributed by atoms with van der Waals surface area (Å²) < 4.78 is 79.4. The smallest absolute Gasteiger partial charge is 0.441 e. The molecule has 0 unspecified atom stereocenters. The zero-order chi connectivity index (χ0) is 19.7. The normalized spacial score (nSPS) is 28.0. The molecule has 2 saturated heterocycles. The van der Waals surface area contributed by atoms with Gasteiger partial charge in [-0.05, 0) is 5.56 Å². The molecular formula is C15H16F3NO7S. The summed E-state index contributed by atoms with van der Waals surface area (Å²) in [4.78, 5) is 11.9. The van der Waals surface area contributed by atoms with Crippen LogP contribution in [-0.2, 0) is 35.1 Å². The Balaban J connectivity index is 1.52. The topological polar surface area (TPSA) is 100 Å². The van der Waals surface area contributed by atoms with E-state index in [1.54, 1.807) is 24.3 Å². The van der Waals surface area contributed by atoms with Crippen LogP contribution in [0, 0.1) is 0 Å². The fraction of sp³-hybridized carbons (Fsp3) is 0.533. The van der Waals surface area contributed by atoms with Crippen molar-refractivity contribution in [1.29, 1.82) is 0 Å². The van der Waals surface area contributed by atoms with Crippen molar-refractivity contribution >= 4 is 16.2 Å². The van der Waals surface area contributed by atoms with Crippen LogP contribution in [0.25, 0.3) is 0 Å². The van der Waals surface area contributed by atoms with Crippen LogP contribution in [0.5, 0.6) is 0 Å². The standard InChI is InChI=1S/C15H16F3NO7S/c16-15(17,18)27(21,22)26-11-8-24-12-10(7-23-13(11)12)25-14(20)19-6-9-4-2-1-3-5-9/h1-5,10-13H,6-8H2,(H,19,20)/t10-,11+,12+,13+/m0/s1. The SMILES string of the molecule is O=C(NCc1ccccc1)O[C@H]1CO[C@H]2[C@@H]1OC[C@H]2OS(=O)(=O)C(F)(F)F. The molecule has 1 N–H and O–H groups in total. The van der Waals surface area contributed by atoms with Gasteiger partial charge in [-0.1, -0.05) is 30.3 Å². The van der Waals surface area contributed by atoms with E-state index in [9.17, 15) is 26.4 Å². The third-order valence-corrected chi connectivity index (χ3v) is 5.10. The quantitative estimate of drug-likeness (QED) is 0.576. The molecule has 3 rings (SSSR count). The average Bonchev–Trinajstić information content (AvgIpc) is 3.17.